The highest BCUT2D eigenvalue weighted by atomic mass is 16.5. The standard InChI is InChI=1S/C10H13N3O3/c1-7-6-9(16-12-7)10(14)13-4-2-8(11-15)3-5-13/h6,15H,2-5H2,1H3. The molecule has 1 aromatic heterocycles. The Morgan fingerprint density at radius 2 is 2.25 bits per heavy atom. The van der Waals surface area contributed by atoms with Crippen LogP contribution in [-0.2, 0) is 0 Å². The average Bonchev–Trinajstić information content (AvgIpc) is 2.75. The molecule has 0 aliphatic carbocycles. The fourth-order valence-electron chi connectivity index (χ4n) is 1.69. The molecular weight excluding hydrogens is 210 g/mol. The Morgan fingerprint density at radius 1 is 1.56 bits per heavy atom. The second-order valence-electron chi connectivity index (χ2n) is 3.79. The zero-order valence-corrected chi connectivity index (χ0v) is 9.01. The van der Waals surface area contributed by atoms with Gasteiger partial charge in [0, 0.05) is 32.0 Å². The minimum atomic E-state index is -0.155. The zero-order chi connectivity index (χ0) is 11.5. The number of nitrogens with zero attached hydrogens (tertiary/aromatic N) is 3. The fraction of sp³-hybridized carbons (Fsp3) is 0.500. The Morgan fingerprint density at radius 3 is 2.75 bits per heavy atom. The van der Waals surface area contributed by atoms with E-state index in [2.05, 4.69) is 10.3 Å². The molecule has 0 atom stereocenters. The van der Waals surface area contributed by atoms with E-state index in [0.717, 1.165) is 5.71 Å². The van der Waals surface area contributed by atoms with E-state index in [0.29, 0.717) is 31.6 Å². The summed E-state index contributed by atoms with van der Waals surface area (Å²) < 4.78 is 4.91. The lowest BCUT2D eigenvalue weighted by atomic mass is 10.1. The molecule has 0 unspecified atom stereocenters. The summed E-state index contributed by atoms with van der Waals surface area (Å²) in [6, 6.07) is 1.62. The molecule has 1 fully saturated rings. The average molecular weight is 223 g/mol. The molecule has 1 aliphatic heterocycles. The lowest BCUT2D eigenvalue weighted by molar-refractivity contribution is 0.0711. The third kappa shape index (κ3) is 2.05. The maximum Gasteiger partial charge on any atom is 0.292 e. The number of piperidine rings is 1. The number of rotatable bonds is 1. The van der Waals surface area contributed by atoms with E-state index in [-0.39, 0.29) is 11.7 Å². The Labute approximate surface area is 92.5 Å². The molecule has 1 aliphatic rings. The van der Waals surface area contributed by atoms with Crippen LogP contribution in [0.3, 0.4) is 0 Å². The fourth-order valence-corrected chi connectivity index (χ4v) is 1.69. The van der Waals surface area contributed by atoms with Gasteiger partial charge in [-0.2, -0.15) is 0 Å². The number of hydrogen-bond acceptors (Lipinski definition) is 5. The summed E-state index contributed by atoms with van der Waals surface area (Å²) in [7, 11) is 0. The van der Waals surface area contributed by atoms with Gasteiger partial charge >= 0.3 is 0 Å². The maximum absolute atomic E-state index is 11.9. The smallest absolute Gasteiger partial charge is 0.292 e. The molecule has 16 heavy (non-hydrogen) atoms. The number of amides is 1. The van der Waals surface area contributed by atoms with Gasteiger partial charge in [0.25, 0.3) is 5.91 Å². The van der Waals surface area contributed by atoms with E-state index >= 15 is 0 Å². The van der Waals surface area contributed by atoms with Gasteiger partial charge in [-0.05, 0) is 6.92 Å². The minimum absolute atomic E-state index is 0.155. The van der Waals surface area contributed by atoms with Crippen molar-refractivity contribution < 1.29 is 14.5 Å². The molecule has 6 nitrogen and oxygen atoms in total. The Balaban J connectivity index is 2.02. The predicted molar refractivity (Wildman–Crippen MR) is 55.6 cm³/mol. The maximum atomic E-state index is 11.9. The van der Waals surface area contributed by atoms with E-state index in [1.165, 1.54) is 0 Å². The highest BCUT2D eigenvalue weighted by Crippen LogP contribution is 2.12. The van der Waals surface area contributed by atoms with Crippen molar-refractivity contribution in [1.82, 2.24) is 10.1 Å². The first-order chi connectivity index (χ1) is 7.70. The van der Waals surface area contributed by atoms with Gasteiger partial charge < -0.3 is 14.6 Å². The summed E-state index contributed by atoms with van der Waals surface area (Å²) in [6.07, 6.45) is 1.21. The summed E-state index contributed by atoms with van der Waals surface area (Å²) in [5, 5.41) is 15.4. The van der Waals surface area contributed by atoms with Crippen molar-refractivity contribution in [3.8, 4) is 0 Å². The number of aryl methyl sites for hydroxylation is 1. The van der Waals surface area contributed by atoms with Gasteiger partial charge in [0.2, 0.25) is 5.76 Å². The summed E-state index contributed by atoms with van der Waals surface area (Å²) in [6.45, 7) is 2.88. The lowest BCUT2D eigenvalue weighted by Crippen LogP contribution is -2.38. The van der Waals surface area contributed by atoms with Gasteiger partial charge in [-0.3, -0.25) is 4.79 Å². The van der Waals surface area contributed by atoms with Crippen molar-refractivity contribution in [2.75, 3.05) is 13.1 Å². The van der Waals surface area contributed by atoms with E-state index in [1.54, 1.807) is 17.9 Å². The highest BCUT2D eigenvalue weighted by Gasteiger charge is 2.23. The van der Waals surface area contributed by atoms with Crippen molar-refractivity contribution in [3.63, 3.8) is 0 Å². The van der Waals surface area contributed by atoms with Crippen LogP contribution >= 0.6 is 0 Å². The second-order valence-corrected chi connectivity index (χ2v) is 3.79. The van der Waals surface area contributed by atoms with Crippen LogP contribution < -0.4 is 0 Å². The first kappa shape index (κ1) is 10.7. The molecule has 1 N–H and O–H groups in total. The van der Waals surface area contributed by atoms with Crippen molar-refractivity contribution in [2.24, 2.45) is 5.16 Å². The highest BCUT2D eigenvalue weighted by molar-refractivity contribution is 5.93. The molecule has 2 heterocycles. The molecule has 1 saturated heterocycles. The van der Waals surface area contributed by atoms with E-state index in [9.17, 15) is 4.79 Å². The van der Waals surface area contributed by atoms with Crippen molar-refractivity contribution >= 4 is 11.6 Å². The number of aromatic nitrogens is 1. The summed E-state index contributed by atoms with van der Waals surface area (Å²) in [4.78, 5) is 13.6. The van der Waals surface area contributed by atoms with Crippen LogP contribution in [0.4, 0.5) is 0 Å². The largest absolute Gasteiger partial charge is 0.411 e. The Bertz CT molecular complexity index is 415. The van der Waals surface area contributed by atoms with Gasteiger partial charge in [-0.25, -0.2) is 0 Å². The third-order valence-electron chi connectivity index (χ3n) is 2.61. The molecule has 2 rings (SSSR count). The number of oxime groups is 1. The molecular formula is C10H13N3O3. The quantitative estimate of drug-likeness (QED) is 0.570. The normalized spacial score (nSPS) is 16.3. The monoisotopic (exact) mass is 223 g/mol. The van der Waals surface area contributed by atoms with Crippen LogP contribution in [0.25, 0.3) is 0 Å². The number of carbonyl (C=O) groups is 1. The van der Waals surface area contributed by atoms with Crippen LogP contribution in [0.5, 0.6) is 0 Å². The van der Waals surface area contributed by atoms with Crippen LogP contribution in [0.1, 0.15) is 29.1 Å². The second kappa shape index (κ2) is 4.34. The molecule has 0 aromatic carbocycles. The summed E-state index contributed by atoms with van der Waals surface area (Å²) >= 11 is 0. The summed E-state index contributed by atoms with van der Waals surface area (Å²) in [5.41, 5.74) is 1.43. The number of carbonyl (C=O) groups excluding carboxylic acids is 1. The first-order valence-corrected chi connectivity index (χ1v) is 5.13. The predicted octanol–water partition coefficient (Wildman–Crippen LogP) is 1.05. The molecule has 0 radical (unpaired) electrons. The molecule has 6 heteroatoms. The van der Waals surface area contributed by atoms with Crippen molar-refractivity contribution in [2.45, 2.75) is 19.8 Å². The van der Waals surface area contributed by atoms with Crippen LogP contribution in [0, 0.1) is 6.92 Å². The van der Waals surface area contributed by atoms with Gasteiger partial charge in [0.05, 0.1) is 11.4 Å². The minimum Gasteiger partial charge on any atom is -0.411 e. The number of likely N-dealkylation sites (tertiary alicyclic amines) is 1. The molecule has 0 saturated carbocycles. The van der Waals surface area contributed by atoms with Crippen molar-refractivity contribution in [3.05, 3.63) is 17.5 Å². The van der Waals surface area contributed by atoms with Crippen LogP contribution in [0.2, 0.25) is 0 Å². The first-order valence-electron chi connectivity index (χ1n) is 5.13. The third-order valence-corrected chi connectivity index (χ3v) is 2.61. The summed E-state index contributed by atoms with van der Waals surface area (Å²) in [5.74, 6) is 0.111. The van der Waals surface area contributed by atoms with E-state index in [1.807, 2.05) is 0 Å². The molecule has 0 bridgehead atoms. The van der Waals surface area contributed by atoms with E-state index in [4.69, 9.17) is 9.73 Å². The van der Waals surface area contributed by atoms with Crippen LogP contribution in [-0.4, -0.2) is 40.0 Å². The topological polar surface area (TPSA) is 78.9 Å². The zero-order valence-electron chi connectivity index (χ0n) is 9.01. The Kier molecular flexibility index (Phi) is 2.89. The van der Waals surface area contributed by atoms with Crippen LogP contribution in [0.15, 0.2) is 15.7 Å². The van der Waals surface area contributed by atoms with Crippen molar-refractivity contribution in [1.29, 1.82) is 0 Å². The lowest BCUT2D eigenvalue weighted by Gasteiger charge is -2.25. The Hall–Kier alpha value is -1.85. The van der Waals surface area contributed by atoms with Gasteiger partial charge in [-0.1, -0.05) is 10.3 Å². The molecule has 1 amide bonds. The SMILES string of the molecule is Cc1cc(C(=O)N2CCC(=NO)CC2)on1. The molecule has 1 aromatic rings. The van der Waals surface area contributed by atoms with Gasteiger partial charge in [0.1, 0.15) is 0 Å². The van der Waals surface area contributed by atoms with Gasteiger partial charge in [-0.15, -0.1) is 0 Å². The van der Waals surface area contributed by atoms with E-state index < -0.39 is 0 Å². The number of hydrogen-bond donors (Lipinski definition) is 1. The molecule has 0 spiro atoms. The molecule has 86 valence electrons. The van der Waals surface area contributed by atoms with Gasteiger partial charge in [0.15, 0.2) is 0 Å².